The number of primary amides is 1. The lowest BCUT2D eigenvalue weighted by molar-refractivity contribution is -0.139. The van der Waals surface area contributed by atoms with Gasteiger partial charge in [0, 0.05) is 12.8 Å². The maximum absolute atomic E-state index is 12.5. The lowest BCUT2D eigenvalue weighted by Gasteiger charge is -2.11. The molecule has 0 aromatic carbocycles. The highest BCUT2D eigenvalue weighted by molar-refractivity contribution is 6.18. The molecule has 0 atom stereocenters. The molecule has 0 saturated carbocycles. The Labute approximate surface area is 237 Å². The highest BCUT2D eigenvalue weighted by Crippen LogP contribution is 2.17. The van der Waals surface area contributed by atoms with E-state index in [0.717, 1.165) is 38.5 Å². The van der Waals surface area contributed by atoms with E-state index in [4.69, 9.17) is 5.73 Å². The Morgan fingerprint density at radius 3 is 0.816 bits per heavy atom. The summed E-state index contributed by atoms with van der Waals surface area (Å²) in [5.41, 5.74) is 5.45. The van der Waals surface area contributed by atoms with Gasteiger partial charge >= 0.3 is 0 Å². The summed E-state index contributed by atoms with van der Waals surface area (Å²) in [6.45, 7) is 4.51. The topological polar surface area (TPSA) is 77.2 Å². The zero-order valence-corrected chi connectivity index (χ0v) is 25.7. The molecule has 0 unspecified atom stereocenters. The number of ketones is 2. The van der Waals surface area contributed by atoms with Crippen molar-refractivity contribution >= 4 is 17.5 Å². The van der Waals surface area contributed by atoms with Crippen LogP contribution in [0.5, 0.6) is 0 Å². The van der Waals surface area contributed by atoms with Crippen LogP contribution in [-0.2, 0) is 14.4 Å². The van der Waals surface area contributed by atoms with Crippen LogP contribution < -0.4 is 5.73 Å². The summed E-state index contributed by atoms with van der Waals surface area (Å²) in [7, 11) is 0. The molecule has 0 aromatic heterocycles. The number of Topliss-reactive ketones (excluding diaryl/α,β-unsaturated/α-hetero) is 2. The van der Waals surface area contributed by atoms with E-state index in [1.54, 1.807) is 0 Å². The van der Waals surface area contributed by atoms with Crippen LogP contribution in [0.2, 0.25) is 0 Å². The molecule has 0 rings (SSSR count). The average molecular weight is 536 g/mol. The van der Waals surface area contributed by atoms with Crippen molar-refractivity contribution in [3.63, 3.8) is 0 Å². The second-order valence-corrected chi connectivity index (χ2v) is 11.8. The minimum Gasteiger partial charge on any atom is -0.369 e. The zero-order chi connectivity index (χ0) is 28.1. The fourth-order valence-electron chi connectivity index (χ4n) is 5.42. The Morgan fingerprint density at radius 2 is 0.605 bits per heavy atom. The van der Waals surface area contributed by atoms with Gasteiger partial charge in [0.25, 0.3) is 0 Å². The quantitative estimate of drug-likeness (QED) is 0.0708. The highest BCUT2D eigenvalue weighted by atomic mass is 16.2. The van der Waals surface area contributed by atoms with E-state index < -0.39 is 11.8 Å². The first-order valence-electron chi connectivity index (χ1n) is 16.9. The molecule has 0 saturated heterocycles. The lowest BCUT2D eigenvalue weighted by atomic mass is 9.91. The van der Waals surface area contributed by atoms with Gasteiger partial charge < -0.3 is 5.73 Å². The van der Waals surface area contributed by atoms with Crippen LogP contribution in [0.15, 0.2) is 0 Å². The molecule has 4 nitrogen and oxygen atoms in total. The second kappa shape index (κ2) is 28.8. The minimum absolute atomic E-state index is 0.264. The third-order valence-corrected chi connectivity index (χ3v) is 7.98. The Bertz CT molecular complexity index is 518. The summed E-state index contributed by atoms with van der Waals surface area (Å²) >= 11 is 0. The zero-order valence-electron chi connectivity index (χ0n) is 25.7. The van der Waals surface area contributed by atoms with Crippen molar-refractivity contribution in [2.24, 2.45) is 11.7 Å². The Kier molecular flexibility index (Phi) is 27.9. The molecule has 38 heavy (non-hydrogen) atoms. The molecule has 0 aromatic rings. The Morgan fingerprint density at radius 1 is 0.395 bits per heavy atom. The van der Waals surface area contributed by atoms with Gasteiger partial charge in [-0.2, -0.15) is 0 Å². The summed E-state index contributed by atoms with van der Waals surface area (Å²) in [6, 6.07) is 0. The summed E-state index contributed by atoms with van der Waals surface area (Å²) in [4.78, 5) is 36.9. The number of hydrogen-bond donors (Lipinski definition) is 1. The molecule has 1 amide bonds. The predicted molar refractivity (Wildman–Crippen MR) is 163 cm³/mol. The number of carbonyl (C=O) groups is 3. The van der Waals surface area contributed by atoms with Crippen molar-refractivity contribution in [1.29, 1.82) is 0 Å². The van der Waals surface area contributed by atoms with Crippen molar-refractivity contribution in [3.8, 4) is 0 Å². The van der Waals surface area contributed by atoms with Gasteiger partial charge in [-0.25, -0.2) is 0 Å². The van der Waals surface area contributed by atoms with Gasteiger partial charge in [0.1, 0.15) is 0 Å². The van der Waals surface area contributed by atoms with Crippen LogP contribution in [-0.4, -0.2) is 17.5 Å². The number of unbranched alkanes of at least 4 members (excludes halogenated alkanes) is 24. The van der Waals surface area contributed by atoms with E-state index >= 15 is 0 Å². The van der Waals surface area contributed by atoms with E-state index in [1.165, 1.54) is 128 Å². The fourth-order valence-corrected chi connectivity index (χ4v) is 5.42. The molecule has 0 aliphatic rings. The number of amides is 1. The fraction of sp³-hybridized carbons (Fsp3) is 0.912. The van der Waals surface area contributed by atoms with E-state index in [1.807, 2.05) is 0 Å². The maximum atomic E-state index is 12.5. The van der Waals surface area contributed by atoms with Crippen molar-refractivity contribution in [2.75, 3.05) is 0 Å². The van der Waals surface area contributed by atoms with Gasteiger partial charge in [0.2, 0.25) is 5.91 Å². The summed E-state index contributed by atoms with van der Waals surface area (Å²) in [5, 5.41) is 0. The van der Waals surface area contributed by atoms with E-state index in [2.05, 4.69) is 13.8 Å². The molecule has 0 bridgehead atoms. The summed E-state index contributed by atoms with van der Waals surface area (Å²) in [6.07, 6.45) is 33.0. The smallest absolute Gasteiger partial charge is 0.235 e. The van der Waals surface area contributed by atoms with Crippen LogP contribution >= 0.6 is 0 Å². The standard InChI is InChI=1S/C34H65NO3/c1-3-5-7-9-11-13-15-17-19-21-23-25-27-29-31(36)33(34(35)38)32(37)30-28-26-24-22-20-18-16-14-12-10-8-6-4-2/h33H,3-30H2,1-2H3,(H2,35,38). The first-order chi connectivity index (χ1) is 18.5. The van der Waals surface area contributed by atoms with Crippen LogP contribution in [0, 0.1) is 5.92 Å². The number of nitrogens with two attached hydrogens (primary N) is 1. The van der Waals surface area contributed by atoms with Gasteiger partial charge in [-0.1, -0.05) is 168 Å². The van der Waals surface area contributed by atoms with E-state index in [0.29, 0.717) is 12.8 Å². The normalized spacial score (nSPS) is 11.3. The summed E-state index contributed by atoms with van der Waals surface area (Å²) < 4.78 is 0. The predicted octanol–water partition coefficient (Wildman–Crippen LogP) is 10.2. The van der Waals surface area contributed by atoms with Crippen molar-refractivity contribution < 1.29 is 14.4 Å². The van der Waals surface area contributed by atoms with Gasteiger partial charge in [-0.05, 0) is 12.8 Å². The number of carbonyl (C=O) groups excluding carboxylic acids is 3. The Balaban J connectivity index is 3.72. The molecular weight excluding hydrogens is 470 g/mol. The molecule has 4 heteroatoms. The molecular formula is C34H65NO3. The van der Waals surface area contributed by atoms with Gasteiger partial charge in [0.15, 0.2) is 17.5 Å². The van der Waals surface area contributed by atoms with Crippen molar-refractivity contribution in [2.45, 2.75) is 194 Å². The molecule has 0 aliphatic carbocycles. The molecule has 0 heterocycles. The lowest BCUT2D eigenvalue weighted by Crippen LogP contribution is -2.36. The molecule has 2 N–H and O–H groups in total. The van der Waals surface area contributed by atoms with Gasteiger partial charge in [0.05, 0.1) is 0 Å². The average Bonchev–Trinajstić information content (AvgIpc) is 2.89. The maximum Gasteiger partial charge on any atom is 0.235 e. The minimum atomic E-state index is -1.22. The van der Waals surface area contributed by atoms with Crippen LogP contribution in [0.25, 0.3) is 0 Å². The van der Waals surface area contributed by atoms with Gasteiger partial charge in [-0.3, -0.25) is 14.4 Å². The van der Waals surface area contributed by atoms with Crippen LogP contribution in [0.4, 0.5) is 0 Å². The monoisotopic (exact) mass is 535 g/mol. The third kappa shape index (κ3) is 23.9. The second-order valence-electron chi connectivity index (χ2n) is 11.8. The van der Waals surface area contributed by atoms with Crippen LogP contribution in [0.3, 0.4) is 0 Å². The molecule has 0 fully saturated rings. The number of hydrogen-bond acceptors (Lipinski definition) is 3. The molecule has 224 valence electrons. The summed E-state index contributed by atoms with van der Waals surface area (Å²) in [5.74, 6) is -2.51. The van der Waals surface area contributed by atoms with E-state index in [-0.39, 0.29) is 11.6 Å². The Hall–Kier alpha value is -1.19. The highest BCUT2D eigenvalue weighted by Gasteiger charge is 2.30. The van der Waals surface area contributed by atoms with Gasteiger partial charge in [-0.15, -0.1) is 0 Å². The van der Waals surface area contributed by atoms with E-state index in [9.17, 15) is 14.4 Å². The third-order valence-electron chi connectivity index (χ3n) is 7.98. The van der Waals surface area contributed by atoms with Crippen LogP contribution in [0.1, 0.15) is 194 Å². The largest absolute Gasteiger partial charge is 0.369 e. The molecule has 0 spiro atoms. The SMILES string of the molecule is CCCCCCCCCCCCCCCC(=O)C(C(N)=O)C(=O)CCCCCCCCCCCCCCC. The molecule has 0 radical (unpaired) electrons. The first kappa shape index (κ1) is 36.8. The molecule has 0 aliphatic heterocycles. The first-order valence-corrected chi connectivity index (χ1v) is 16.9. The van der Waals surface area contributed by atoms with Crippen molar-refractivity contribution in [1.82, 2.24) is 0 Å². The number of rotatable bonds is 31. The van der Waals surface area contributed by atoms with Crippen molar-refractivity contribution in [3.05, 3.63) is 0 Å².